The Morgan fingerprint density at radius 1 is 1.17 bits per heavy atom. The van der Waals surface area contributed by atoms with E-state index in [2.05, 4.69) is 4.74 Å². The van der Waals surface area contributed by atoms with Crippen molar-refractivity contribution in [2.45, 2.75) is 39.0 Å². The Morgan fingerprint density at radius 2 is 1.90 bits per heavy atom. The van der Waals surface area contributed by atoms with Crippen LogP contribution >= 0.6 is 0 Å². The van der Waals surface area contributed by atoms with Crippen LogP contribution in [-0.4, -0.2) is 37.2 Å². The van der Waals surface area contributed by atoms with Gasteiger partial charge in [0.1, 0.15) is 5.75 Å². The molecule has 3 rings (SSSR count). The monoisotopic (exact) mass is 417 g/mol. The molecule has 0 aromatic heterocycles. The van der Waals surface area contributed by atoms with Gasteiger partial charge >= 0.3 is 6.61 Å². The largest absolute Gasteiger partial charge is 0.497 e. The van der Waals surface area contributed by atoms with Crippen molar-refractivity contribution >= 4 is 12.0 Å². The van der Waals surface area contributed by atoms with Gasteiger partial charge in [-0.2, -0.15) is 8.78 Å². The lowest BCUT2D eigenvalue weighted by Crippen LogP contribution is -2.31. The highest BCUT2D eigenvalue weighted by atomic mass is 19.3. The summed E-state index contributed by atoms with van der Waals surface area (Å²) in [5.74, 6) is 0.852. The first-order valence-electron chi connectivity index (χ1n) is 9.83. The molecule has 7 heteroatoms. The fourth-order valence-electron chi connectivity index (χ4n) is 3.05. The number of halogens is 2. The Balaban J connectivity index is 1.71. The molecule has 1 aliphatic carbocycles. The molecule has 0 spiro atoms. The molecule has 0 atom stereocenters. The standard InChI is InChI=1S/C23H25F2NO4/c1-3-29-21-14-16(6-12-20(21)30-23(24)25)7-13-22(27)26(18-8-9-18)15-17-4-10-19(28-2)11-5-17/h4-7,10-14,18,23H,3,8-9,15H2,1-2H3/b13-7+. The number of carbonyl (C=O) groups excluding carboxylic acids is 1. The van der Waals surface area contributed by atoms with E-state index in [0.29, 0.717) is 18.7 Å². The highest BCUT2D eigenvalue weighted by molar-refractivity contribution is 5.92. The summed E-state index contributed by atoms with van der Waals surface area (Å²) >= 11 is 0. The lowest BCUT2D eigenvalue weighted by molar-refractivity contribution is -0.127. The van der Waals surface area contributed by atoms with Gasteiger partial charge in [0.2, 0.25) is 5.91 Å². The molecule has 0 heterocycles. The van der Waals surface area contributed by atoms with Crippen LogP contribution in [0.15, 0.2) is 48.5 Å². The second-order valence-electron chi connectivity index (χ2n) is 6.90. The van der Waals surface area contributed by atoms with E-state index < -0.39 is 6.61 Å². The summed E-state index contributed by atoms with van der Waals surface area (Å²) in [5, 5.41) is 0. The van der Waals surface area contributed by atoms with Crippen LogP contribution in [0.25, 0.3) is 6.08 Å². The Labute approximate surface area is 174 Å². The number of hydrogen-bond donors (Lipinski definition) is 0. The van der Waals surface area contributed by atoms with Crippen molar-refractivity contribution in [3.8, 4) is 17.2 Å². The van der Waals surface area contributed by atoms with E-state index in [1.807, 2.05) is 29.2 Å². The van der Waals surface area contributed by atoms with Crippen LogP contribution in [0, 0.1) is 0 Å². The van der Waals surface area contributed by atoms with Gasteiger partial charge in [-0.15, -0.1) is 0 Å². The average Bonchev–Trinajstić information content (AvgIpc) is 3.57. The molecule has 1 saturated carbocycles. The van der Waals surface area contributed by atoms with Crippen molar-refractivity contribution in [3.05, 3.63) is 59.7 Å². The smallest absolute Gasteiger partial charge is 0.387 e. The number of benzene rings is 2. The van der Waals surface area contributed by atoms with Crippen molar-refractivity contribution in [2.75, 3.05) is 13.7 Å². The zero-order chi connectivity index (χ0) is 21.5. The predicted octanol–water partition coefficient (Wildman–Crippen LogP) is 4.90. The first kappa shape index (κ1) is 21.6. The Morgan fingerprint density at radius 3 is 2.50 bits per heavy atom. The fraction of sp³-hybridized carbons (Fsp3) is 0.348. The topological polar surface area (TPSA) is 48.0 Å². The third-order valence-electron chi connectivity index (χ3n) is 4.68. The number of rotatable bonds is 10. The Bertz CT molecular complexity index is 879. The maximum atomic E-state index is 12.8. The summed E-state index contributed by atoms with van der Waals surface area (Å²) in [6.45, 7) is -0.353. The normalized spacial score (nSPS) is 13.5. The van der Waals surface area contributed by atoms with E-state index in [0.717, 1.165) is 24.2 Å². The van der Waals surface area contributed by atoms with Gasteiger partial charge < -0.3 is 19.1 Å². The van der Waals surface area contributed by atoms with E-state index in [9.17, 15) is 13.6 Å². The van der Waals surface area contributed by atoms with Crippen molar-refractivity contribution in [1.29, 1.82) is 0 Å². The zero-order valence-corrected chi connectivity index (χ0v) is 17.0. The molecule has 0 bridgehead atoms. The fourth-order valence-corrected chi connectivity index (χ4v) is 3.05. The van der Waals surface area contributed by atoms with Crippen LogP contribution in [-0.2, 0) is 11.3 Å². The predicted molar refractivity (Wildman–Crippen MR) is 110 cm³/mol. The SMILES string of the molecule is CCOc1cc(/C=C/C(=O)N(Cc2ccc(OC)cc2)C2CC2)ccc1OC(F)F. The third kappa shape index (κ3) is 5.95. The molecule has 1 amide bonds. The molecule has 0 N–H and O–H groups in total. The molecule has 2 aromatic rings. The highest BCUT2D eigenvalue weighted by Gasteiger charge is 2.31. The molecule has 0 unspecified atom stereocenters. The second kappa shape index (κ2) is 10.1. The van der Waals surface area contributed by atoms with Crippen LogP contribution in [0.2, 0.25) is 0 Å². The number of amides is 1. The molecule has 160 valence electrons. The molecule has 1 aliphatic rings. The maximum Gasteiger partial charge on any atom is 0.387 e. The number of nitrogens with zero attached hydrogens (tertiary/aromatic N) is 1. The maximum absolute atomic E-state index is 12.8. The van der Waals surface area contributed by atoms with E-state index in [1.54, 1.807) is 32.2 Å². The van der Waals surface area contributed by atoms with Gasteiger partial charge in [-0.1, -0.05) is 18.2 Å². The first-order chi connectivity index (χ1) is 14.5. The number of carbonyl (C=O) groups is 1. The number of alkyl halides is 2. The van der Waals surface area contributed by atoms with Gasteiger partial charge in [-0.05, 0) is 61.2 Å². The lowest BCUT2D eigenvalue weighted by atomic mass is 10.1. The minimum atomic E-state index is -2.93. The van der Waals surface area contributed by atoms with Crippen LogP contribution in [0.3, 0.4) is 0 Å². The summed E-state index contributed by atoms with van der Waals surface area (Å²) in [6.07, 6.45) is 5.13. The van der Waals surface area contributed by atoms with Gasteiger partial charge in [0.05, 0.1) is 13.7 Å². The summed E-state index contributed by atoms with van der Waals surface area (Å²) < 4.78 is 40.1. The van der Waals surface area contributed by atoms with Gasteiger partial charge in [0.15, 0.2) is 11.5 Å². The number of methoxy groups -OCH3 is 1. The van der Waals surface area contributed by atoms with Gasteiger partial charge in [-0.3, -0.25) is 4.79 Å². The molecule has 30 heavy (non-hydrogen) atoms. The molecule has 5 nitrogen and oxygen atoms in total. The summed E-state index contributed by atoms with van der Waals surface area (Å²) in [5.41, 5.74) is 1.69. The molecule has 0 aliphatic heterocycles. The average molecular weight is 417 g/mol. The molecular weight excluding hydrogens is 392 g/mol. The van der Waals surface area contributed by atoms with Crippen molar-refractivity contribution < 1.29 is 27.8 Å². The molecule has 0 saturated heterocycles. The highest BCUT2D eigenvalue weighted by Crippen LogP contribution is 2.31. The molecule has 0 radical (unpaired) electrons. The van der Waals surface area contributed by atoms with E-state index in [1.165, 1.54) is 12.1 Å². The first-order valence-corrected chi connectivity index (χ1v) is 9.83. The van der Waals surface area contributed by atoms with Gasteiger partial charge in [0.25, 0.3) is 0 Å². The summed E-state index contributed by atoms with van der Waals surface area (Å²) in [7, 11) is 1.61. The number of hydrogen-bond acceptors (Lipinski definition) is 4. The molecule has 1 fully saturated rings. The lowest BCUT2D eigenvalue weighted by Gasteiger charge is -2.21. The van der Waals surface area contributed by atoms with Crippen molar-refractivity contribution in [3.63, 3.8) is 0 Å². The van der Waals surface area contributed by atoms with Crippen LogP contribution < -0.4 is 14.2 Å². The summed E-state index contributed by atoms with van der Waals surface area (Å²) in [6, 6.07) is 12.5. The van der Waals surface area contributed by atoms with Crippen molar-refractivity contribution in [1.82, 2.24) is 4.90 Å². The molecular formula is C23H25F2NO4. The molecule has 2 aromatic carbocycles. The Hall–Kier alpha value is -3.09. The number of ether oxygens (including phenoxy) is 3. The zero-order valence-electron chi connectivity index (χ0n) is 17.0. The van der Waals surface area contributed by atoms with E-state index in [-0.39, 0.29) is 23.4 Å². The van der Waals surface area contributed by atoms with Gasteiger partial charge in [0, 0.05) is 18.7 Å². The third-order valence-corrected chi connectivity index (χ3v) is 4.68. The van der Waals surface area contributed by atoms with E-state index >= 15 is 0 Å². The van der Waals surface area contributed by atoms with Gasteiger partial charge in [-0.25, -0.2) is 0 Å². The minimum Gasteiger partial charge on any atom is -0.497 e. The van der Waals surface area contributed by atoms with Crippen molar-refractivity contribution in [2.24, 2.45) is 0 Å². The van der Waals surface area contributed by atoms with Crippen LogP contribution in [0.1, 0.15) is 30.9 Å². The Kier molecular flexibility index (Phi) is 7.27. The van der Waals surface area contributed by atoms with E-state index in [4.69, 9.17) is 9.47 Å². The quantitative estimate of drug-likeness (QED) is 0.516. The van der Waals surface area contributed by atoms with Crippen LogP contribution in [0.5, 0.6) is 17.2 Å². The minimum absolute atomic E-state index is 0.0329. The van der Waals surface area contributed by atoms with Crippen LogP contribution in [0.4, 0.5) is 8.78 Å². The second-order valence-corrected chi connectivity index (χ2v) is 6.90. The summed E-state index contributed by atoms with van der Waals surface area (Å²) in [4.78, 5) is 14.7.